The van der Waals surface area contributed by atoms with Gasteiger partial charge in [-0.3, -0.25) is 4.79 Å². The Morgan fingerprint density at radius 1 is 1.40 bits per heavy atom. The fraction of sp³-hybridized carbons (Fsp3) is 0.500. The van der Waals surface area contributed by atoms with Crippen molar-refractivity contribution >= 4 is 41.7 Å². The maximum absolute atomic E-state index is 12.1. The summed E-state index contributed by atoms with van der Waals surface area (Å²) in [7, 11) is 0. The molecular formula is C14H20Cl2N2OS. The Morgan fingerprint density at radius 2 is 2.10 bits per heavy atom. The summed E-state index contributed by atoms with van der Waals surface area (Å²) < 4.78 is 0. The van der Waals surface area contributed by atoms with Gasteiger partial charge in [-0.1, -0.05) is 11.6 Å². The third-order valence-electron chi connectivity index (χ3n) is 3.37. The zero-order chi connectivity index (χ0) is 13.7. The van der Waals surface area contributed by atoms with E-state index in [0.29, 0.717) is 13.0 Å². The van der Waals surface area contributed by atoms with Gasteiger partial charge in [0.25, 0.3) is 0 Å². The van der Waals surface area contributed by atoms with Crippen LogP contribution in [-0.4, -0.2) is 35.7 Å². The SMILES string of the molecule is Cl.NCC1CCCN1C(=O)CCSc1ccc(Cl)cc1. The van der Waals surface area contributed by atoms with E-state index in [-0.39, 0.29) is 24.4 Å². The predicted octanol–water partition coefficient (Wildman–Crippen LogP) is 3.19. The fourth-order valence-corrected chi connectivity index (χ4v) is 3.31. The second-order valence-corrected chi connectivity index (χ2v) is 6.28. The topological polar surface area (TPSA) is 46.3 Å². The van der Waals surface area contributed by atoms with Crippen molar-refractivity contribution in [2.24, 2.45) is 5.73 Å². The van der Waals surface area contributed by atoms with Gasteiger partial charge in [-0.25, -0.2) is 0 Å². The number of carbonyl (C=O) groups is 1. The molecular weight excluding hydrogens is 315 g/mol. The van der Waals surface area contributed by atoms with Gasteiger partial charge >= 0.3 is 0 Å². The maximum Gasteiger partial charge on any atom is 0.223 e. The van der Waals surface area contributed by atoms with Crippen LogP contribution in [0, 0.1) is 0 Å². The molecule has 2 N–H and O–H groups in total. The first-order chi connectivity index (χ1) is 9.20. The third kappa shape index (κ3) is 4.85. The summed E-state index contributed by atoms with van der Waals surface area (Å²) >= 11 is 7.52. The summed E-state index contributed by atoms with van der Waals surface area (Å²) in [6.45, 7) is 1.45. The molecule has 1 heterocycles. The number of benzene rings is 1. The molecule has 1 amide bonds. The number of nitrogens with zero attached hydrogens (tertiary/aromatic N) is 1. The van der Waals surface area contributed by atoms with Gasteiger partial charge in [0, 0.05) is 41.2 Å². The normalized spacial score (nSPS) is 17.9. The Balaban J connectivity index is 0.00000200. The van der Waals surface area contributed by atoms with Gasteiger partial charge in [-0.15, -0.1) is 24.2 Å². The van der Waals surface area contributed by atoms with Gasteiger partial charge < -0.3 is 10.6 Å². The smallest absolute Gasteiger partial charge is 0.223 e. The molecule has 1 aliphatic heterocycles. The second kappa shape index (κ2) is 8.78. The van der Waals surface area contributed by atoms with Crippen molar-refractivity contribution in [3.63, 3.8) is 0 Å². The molecule has 112 valence electrons. The van der Waals surface area contributed by atoms with Gasteiger partial charge in [0.15, 0.2) is 0 Å². The Hall–Kier alpha value is -0.420. The van der Waals surface area contributed by atoms with Gasteiger partial charge in [0.2, 0.25) is 5.91 Å². The highest BCUT2D eigenvalue weighted by atomic mass is 35.5. The molecule has 0 aromatic heterocycles. The van der Waals surface area contributed by atoms with Crippen LogP contribution < -0.4 is 5.73 Å². The van der Waals surface area contributed by atoms with Crippen molar-refractivity contribution < 1.29 is 4.79 Å². The molecule has 2 rings (SSSR count). The van der Waals surface area contributed by atoms with E-state index in [4.69, 9.17) is 17.3 Å². The maximum atomic E-state index is 12.1. The minimum atomic E-state index is 0. The molecule has 0 bridgehead atoms. The van der Waals surface area contributed by atoms with Crippen molar-refractivity contribution in [3.8, 4) is 0 Å². The number of thioether (sulfide) groups is 1. The number of carbonyl (C=O) groups excluding carboxylic acids is 1. The Morgan fingerprint density at radius 3 is 2.75 bits per heavy atom. The lowest BCUT2D eigenvalue weighted by Crippen LogP contribution is -2.40. The van der Waals surface area contributed by atoms with Crippen LogP contribution in [-0.2, 0) is 4.79 Å². The number of hydrogen-bond acceptors (Lipinski definition) is 3. The monoisotopic (exact) mass is 334 g/mol. The van der Waals surface area contributed by atoms with Crippen molar-refractivity contribution in [2.45, 2.75) is 30.2 Å². The van der Waals surface area contributed by atoms with E-state index in [1.54, 1.807) is 11.8 Å². The molecule has 0 aliphatic carbocycles. The van der Waals surface area contributed by atoms with Gasteiger partial charge in [0.05, 0.1) is 0 Å². The summed E-state index contributed by atoms with van der Waals surface area (Å²) in [5, 5.41) is 0.739. The van der Waals surface area contributed by atoms with Crippen molar-refractivity contribution in [1.82, 2.24) is 4.90 Å². The van der Waals surface area contributed by atoms with E-state index < -0.39 is 0 Å². The van der Waals surface area contributed by atoms with Crippen LogP contribution in [0.1, 0.15) is 19.3 Å². The average Bonchev–Trinajstić information content (AvgIpc) is 2.89. The van der Waals surface area contributed by atoms with E-state index in [1.807, 2.05) is 29.2 Å². The van der Waals surface area contributed by atoms with Crippen LogP contribution in [0.4, 0.5) is 0 Å². The van der Waals surface area contributed by atoms with Crippen molar-refractivity contribution in [1.29, 1.82) is 0 Å². The number of likely N-dealkylation sites (tertiary alicyclic amines) is 1. The summed E-state index contributed by atoms with van der Waals surface area (Å²) in [5.74, 6) is 1.03. The standard InChI is InChI=1S/C14H19ClN2OS.ClH/c15-11-3-5-13(6-4-11)19-9-7-14(18)17-8-1-2-12(17)10-16;/h3-6,12H,1-2,7-10,16H2;1H. The molecule has 3 nitrogen and oxygen atoms in total. The molecule has 1 atom stereocenters. The Labute approximate surface area is 135 Å². The van der Waals surface area contributed by atoms with Crippen LogP contribution in [0.25, 0.3) is 0 Å². The number of amides is 1. The average molecular weight is 335 g/mol. The highest BCUT2D eigenvalue weighted by Crippen LogP contribution is 2.22. The van der Waals surface area contributed by atoms with E-state index in [0.717, 1.165) is 35.1 Å². The van der Waals surface area contributed by atoms with Crippen LogP contribution in [0.15, 0.2) is 29.2 Å². The number of hydrogen-bond donors (Lipinski definition) is 1. The molecule has 0 saturated carbocycles. The molecule has 1 unspecified atom stereocenters. The summed E-state index contributed by atoms with van der Waals surface area (Å²) in [6.07, 6.45) is 2.70. The zero-order valence-electron chi connectivity index (χ0n) is 11.3. The van der Waals surface area contributed by atoms with Gasteiger partial charge in [-0.05, 0) is 37.1 Å². The third-order valence-corrected chi connectivity index (χ3v) is 4.63. The first-order valence-electron chi connectivity index (χ1n) is 6.58. The molecule has 1 aromatic rings. The lowest BCUT2D eigenvalue weighted by molar-refractivity contribution is -0.131. The Kier molecular flexibility index (Phi) is 7.74. The Bertz CT molecular complexity index is 428. The quantitative estimate of drug-likeness (QED) is 0.841. The number of rotatable bonds is 5. The van der Waals surface area contributed by atoms with Crippen LogP contribution >= 0.6 is 35.8 Å². The number of nitrogens with two attached hydrogens (primary N) is 1. The first-order valence-corrected chi connectivity index (χ1v) is 7.95. The lowest BCUT2D eigenvalue weighted by atomic mass is 10.2. The second-order valence-electron chi connectivity index (χ2n) is 4.67. The lowest BCUT2D eigenvalue weighted by Gasteiger charge is -2.23. The largest absolute Gasteiger partial charge is 0.338 e. The number of halogens is 2. The van der Waals surface area contributed by atoms with E-state index >= 15 is 0 Å². The summed E-state index contributed by atoms with van der Waals surface area (Å²) in [5.41, 5.74) is 5.68. The van der Waals surface area contributed by atoms with Crippen LogP contribution in [0.5, 0.6) is 0 Å². The molecule has 1 aromatic carbocycles. The first kappa shape index (κ1) is 17.6. The minimum absolute atomic E-state index is 0. The molecule has 0 radical (unpaired) electrons. The van der Waals surface area contributed by atoms with E-state index in [1.165, 1.54) is 0 Å². The summed E-state index contributed by atoms with van der Waals surface area (Å²) in [4.78, 5) is 15.2. The molecule has 1 aliphatic rings. The molecule has 0 spiro atoms. The molecule has 20 heavy (non-hydrogen) atoms. The van der Waals surface area contributed by atoms with Crippen molar-refractivity contribution in [2.75, 3.05) is 18.8 Å². The highest BCUT2D eigenvalue weighted by Gasteiger charge is 2.26. The van der Waals surface area contributed by atoms with Gasteiger partial charge in [0.1, 0.15) is 0 Å². The minimum Gasteiger partial charge on any atom is -0.338 e. The molecule has 6 heteroatoms. The fourth-order valence-electron chi connectivity index (χ4n) is 2.34. The van der Waals surface area contributed by atoms with E-state index in [2.05, 4.69) is 0 Å². The van der Waals surface area contributed by atoms with E-state index in [9.17, 15) is 4.79 Å². The van der Waals surface area contributed by atoms with Gasteiger partial charge in [-0.2, -0.15) is 0 Å². The molecule has 1 fully saturated rings. The highest BCUT2D eigenvalue weighted by molar-refractivity contribution is 7.99. The summed E-state index contributed by atoms with van der Waals surface area (Å²) in [6, 6.07) is 7.97. The van der Waals surface area contributed by atoms with Crippen molar-refractivity contribution in [3.05, 3.63) is 29.3 Å². The zero-order valence-corrected chi connectivity index (χ0v) is 13.6. The van der Waals surface area contributed by atoms with Crippen LogP contribution in [0.2, 0.25) is 5.02 Å². The predicted molar refractivity (Wildman–Crippen MR) is 87.8 cm³/mol. The molecule has 1 saturated heterocycles. The van der Waals surface area contributed by atoms with Crippen LogP contribution in [0.3, 0.4) is 0 Å².